The highest BCUT2D eigenvalue weighted by Gasteiger charge is 2.27. The second-order valence-electron chi connectivity index (χ2n) is 8.11. The van der Waals surface area contributed by atoms with Gasteiger partial charge in [0.15, 0.2) is 5.78 Å². The maximum Gasteiger partial charge on any atom is 0.233 e. The summed E-state index contributed by atoms with van der Waals surface area (Å²) in [5.41, 5.74) is 4.96. The maximum atomic E-state index is 12.8. The van der Waals surface area contributed by atoms with Crippen LogP contribution in [0.25, 0.3) is 11.3 Å². The van der Waals surface area contributed by atoms with Crippen LogP contribution >= 0.6 is 0 Å². The second-order valence-corrected chi connectivity index (χ2v) is 8.11. The van der Waals surface area contributed by atoms with Crippen LogP contribution in [0.2, 0.25) is 0 Å². The second kappa shape index (κ2) is 8.74. The zero-order valence-electron chi connectivity index (χ0n) is 18.3. The Balaban J connectivity index is 1.47. The van der Waals surface area contributed by atoms with Gasteiger partial charge in [0.25, 0.3) is 0 Å². The van der Waals surface area contributed by atoms with Gasteiger partial charge >= 0.3 is 0 Å². The fourth-order valence-corrected chi connectivity index (χ4v) is 4.16. The molecular formula is C25H24N6O2. The summed E-state index contributed by atoms with van der Waals surface area (Å²) in [7, 11) is 1.85. The van der Waals surface area contributed by atoms with E-state index >= 15 is 0 Å². The quantitative estimate of drug-likeness (QED) is 0.416. The minimum absolute atomic E-state index is 0.134. The summed E-state index contributed by atoms with van der Waals surface area (Å²) in [6.45, 7) is 0. The van der Waals surface area contributed by atoms with Crippen molar-refractivity contribution in [3.8, 4) is 11.3 Å². The van der Waals surface area contributed by atoms with Crippen molar-refractivity contribution < 1.29 is 9.59 Å². The number of ketones is 1. The average Bonchev–Trinajstić information content (AvgIpc) is 3.39. The third-order valence-electron chi connectivity index (χ3n) is 5.79. The molecule has 1 amide bonds. The smallest absolute Gasteiger partial charge is 0.233 e. The lowest BCUT2D eigenvalue weighted by atomic mass is 9.95. The van der Waals surface area contributed by atoms with E-state index in [-0.39, 0.29) is 18.1 Å². The van der Waals surface area contributed by atoms with Gasteiger partial charge in [0.05, 0.1) is 23.4 Å². The van der Waals surface area contributed by atoms with Gasteiger partial charge in [-0.15, -0.1) is 0 Å². The molecule has 0 fully saturated rings. The number of hydrogen-bond donors (Lipinski definition) is 3. The minimum atomic E-state index is -0.197. The average molecular weight is 441 g/mol. The van der Waals surface area contributed by atoms with Gasteiger partial charge in [-0.25, -0.2) is 9.97 Å². The van der Waals surface area contributed by atoms with E-state index < -0.39 is 0 Å². The molecule has 3 heterocycles. The van der Waals surface area contributed by atoms with Crippen molar-refractivity contribution in [3.63, 3.8) is 0 Å². The van der Waals surface area contributed by atoms with Crippen LogP contribution in [-0.4, -0.2) is 31.2 Å². The molecule has 0 saturated carbocycles. The molecule has 0 saturated heterocycles. The van der Waals surface area contributed by atoms with Gasteiger partial charge in [0.1, 0.15) is 11.6 Å². The first kappa shape index (κ1) is 20.7. The van der Waals surface area contributed by atoms with Crippen LogP contribution in [0.4, 0.5) is 17.2 Å². The molecule has 166 valence electrons. The predicted molar refractivity (Wildman–Crippen MR) is 127 cm³/mol. The molecule has 1 aliphatic rings. The van der Waals surface area contributed by atoms with E-state index in [0.717, 1.165) is 46.7 Å². The number of nitrogens with zero attached hydrogens (tertiary/aromatic N) is 3. The van der Waals surface area contributed by atoms with Crippen LogP contribution in [0.15, 0.2) is 61.1 Å². The zero-order valence-corrected chi connectivity index (χ0v) is 18.3. The van der Waals surface area contributed by atoms with E-state index in [0.29, 0.717) is 18.1 Å². The Morgan fingerprint density at radius 3 is 2.76 bits per heavy atom. The van der Waals surface area contributed by atoms with Gasteiger partial charge in [-0.2, -0.15) is 0 Å². The van der Waals surface area contributed by atoms with Crippen LogP contribution in [0.1, 0.15) is 34.7 Å². The number of Topliss-reactive ketones (excluding diaryl/α,β-unsaturated/α-hetero) is 1. The van der Waals surface area contributed by atoms with Crippen molar-refractivity contribution in [2.75, 3.05) is 10.6 Å². The monoisotopic (exact) mass is 440 g/mol. The third-order valence-corrected chi connectivity index (χ3v) is 5.79. The first-order valence-corrected chi connectivity index (χ1v) is 10.9. The Morgan fingerprint density at radius 1 is 1.12 bits per heavy atom. The normalized spacial score (nSPS) is 12.9. The highest BCUT2D eigenvalue weighted by molar-refractivity contribution is 6.07. The van der Waals surface area contributed by atoms with Crippen molar-refractivity contribution in [3.05, 3.63) is 78.1 Å². The molecule has 3 N–H and O–H groups in total. The number of para-hydroxylation sites is 1. The number of benzene rings is 1. The van der Waals surface area contributed by atoms with E-state index in [1.54, 1.807) is 18.6 Å². The van der Waals surface area contributed by atoms with Gasteiger partial charge in [-0.1, -0.05) is 18.2 Å². The van der Waals surface area contributed by atoms with Crippen LogP contribution in [0.5, 0.6) is 0 Å². The summed E-state index contributed by atoms with van der Waals surface area (Å²) < 4.78 is 1.81. The topological polar surface area (TPSA) is 105 Å². The number of carbonyl (C=O) groups is 2. The lowest BCUT2D eigenvalue weighted by molar-refractivity contribution is -0.115. The number of aromatic amines is 1. The highest BCUT2D eigenvalue weighted by Crippen LogP contribution is 2.39. The number of imidazole rings is 1. The summed E-state index contributed by atoms with van der Waals surface area (Å²) >= 11 is 0. The van der Waals surface area contributed by atoms with Crippen molar-refractivity contribution in [2.45, 2.75) is 25.7 Å². The van der Waals surface area contributed by atoms with E-state index in [1.807, 2.05) is 54.1 Å². The lowest BCUT2D eigenvalue weighted by Crippen LogP contribution is -2.17. The molecular weight excluding hydrogens is 416 g/mol. The maximum absolute atomic E-state index is 12.8. The summed E-state index contributed by atoms with van der Waals surface area (Å²) in [6.07, 6.45) is 7.47. The van der Waals surface area contributed by atoms with Crippen LogP contribution < -0.4 is 10.6 Å². The van der Waals surface area contributed by atoms with Crippen LogP contribution in [-0.2, 0) is 24.7 Å². The van der Waals surface area contributed by atoms with Crippen molar-refractivity contribution in [1.82, 2.24) is 19.5 Å². The van der Waals surface area contributed by atoms with Crippen molar-refractivity contribution in [1.29, 1.82) is 0 Å². The number of H-pyrrole nitrogens is 1. The van der Waals surface area contributed by atoms with Crippen molar-refractivity contribution >= 4 is 28.9 Å². The van der Waals surface area contributed by atoms with E-state index in [2.05, 4.69) is 25.6 Å². The molecule has 4 aromatic rings. The summed E-state index contributed by atoms with van der Waals surface area (Å²) in [4.78, 5) is 37.3. The molecule has 3 aromatic heterocycles. The van der Waals surface area contributed by atoms with Gasteiger partial charge in [-0.3, -0.25) is 9.59 Å². The number of aryl methyl sites for hydroxylation is 2. The molecule has 0 spiro atoms. The molecule has 0 radical (unpaired) electrons. The molecule has 1 aliphatic carbocycles. The molecule has 5 rings (SSSR count). The van der Waals surface area contributed by atoms with Gasteiger partial charge in [0.2, 0.25) is 5.91 Å². The Hall–Kier alpha value is -4.20. The van der Waals surface area contributed by atoms with Crippen molar-refractivity contribution in [2.24, 2.45) is 7.05 Å². The Bertz CT molecular complexity index is 1320. The predicted octanol–water partition coefficient (Wildman–Crippen LogP) is 4.25. The molecule has 33 heavy (non-hydrogen) atoms. The summed E-state index contributed by atoms with van der Waals surface area (Å²) in [5.74, 6) is 1.05. The molecule has 8 heteroatoms. The number of anilines is 3. The van der Waals surface area contributed by atoms with Gasteiger partial charge < -0.3 is 20.2 Å². The van der Waals surface area contributed by atoms with Gasteiger partial charge in [-0.05, 0) is 37.1 Å². The highest BCUT2D eigenvalue weighted by atomic mass is 16.1. The molecule has 0 bridgehead atoms. The molecule has 0 aliphatic heterocycles. The molecule has 1 aromatic carbocycles. The Labute approximate surface area is 191 Å². The third kappa shape index (κ3) is 4.27. The molecule has 0 atom stereocenters. The summed E-state index contributed by atoms with van der Waals surface area (Å²) in [6, 6.07) is 13.5. The number of fused-ring (bicyclic) bond motifs is 1. The number of hydrogen-bond acceptors (Lipinski definition) is 5. The Morgan fingerprint density at radius 2 is 1.97 bits per heavy atom. The SMILES string of the molecule is Cn1ccnc1CC(=O)Nc1cc(-c2[nH]c3c(c2Nc2ccccc2)C(=O)CCC3)ccn1. The number of aromatic nitrogens is 4. The Kier molecular flexibility index (Phi) is 5.48. The minimum Gasteiger partial charge on any atom is -0.356 e. The fraction of sp³-hybridized carbons (Fsp3) is 0.200. The van der Waals surface area contributed by atoms with Crippen LogP contribution in [0, 0.1) is 0 Å². The lowest BCUT2D eigenvalue weighted by Gasteiger charge is -2.14. The number of pyridine rings is 1. The van der Waals surface area contributed by atoms with E-state index in [4.69, 9.17) is 0 Å². The first-order chi connectivity index (χ1) is 16.1. The van der Waals surface area contributed by atoms with Crippen LogP contribution in [0.3, 0.4) is 0 Å². The number of rotatable bonds is 6. The van der Waals surface area contributed by atoms with Gasteiger partial charge in [0, 0.05) is 49.0 Å². The number of carbonyl (C=O) groups excluding carboxylic acids is 2. The fourth-order valence-electron chi connectivity index (χ4n) is 4.16. The van der Waals surface area contributed by atoms with E-state index in [1.165, 1.54) is 0 Å². The van der Waals surface area contributed by atoms with E-state index in [9.17, 15) is 9.59 Å². The zero-order chi connectivity index (χ0) is 22.8. The molecule has 8 nitrogen and oxygen atoms in total. The summed E-state index contributed by atoms with van der Waals surface area (Å²) in [5, 5.41) is 6.29. The number of amides is 1. The largest absolute Gasteiger partial charge is 0.356 e. The first-order valence-electron chi connectivity index (χ1n) is 10.9. The molecule has 0 unspecified atom stereocenters. The standard InChI is InChI=1S/C25H24N6O2/c1-31-13-12-27-21(31)15-22(33)30-20-14-16(10-11-26-20)24-25(28-17-6-3-2-4-7-17)23-18(29-24)8-5-9-19(23)32/h2-4,6-7,10-14,28-29H,5,8-9,15H2,1H3,(H,26,30,33). The number of nitrogens with one attached hydrogen (secondary N) is 3.